The molecule has 1 aromatic carbocycles. The zero-order chi connectivity index (χ0) is 9.10. The van der Waals surface area contributed by atoms with E-state index in [-0.39, 0.29) is 12.1 Å². The Morgan fingerprint density at radius 2 is 2.15 bits per heavy atom. The molecule has 1 aliphatic rings. The Balaban J connectivity index is 2.02. The van der Waals surface area contributed by atoms with Crippen LogP contribution in [0.4, 0.5) is 0 Å². The molecule has 0 aromatic heterocycles. The molecule has 2 unspecified atom stereocenters. The van der Waals surface area contributed by atoms with E-state index in [1.54, 1.807) is 0 Å². The minimum Gasteiger partial charge on any atom is -0.469 e. The highest BCUT2D eigenvalue weighted by atomic mass is 16.5. The number of aliphatic imine (C=N–C) groups is 1. The standard InChI is InChI=1S/C11H12NO/c1-9-11(12-8-13-9)7-10-5-3-2-4-6-10/h2-6,9,11H,7H2,1H3. The highest BCUT2D eigenvalue weighted by Crippen LogP contribution is 2.14. The van der Waals surface area contributed by atoms with Crippen LogP contribution in [0.5, 0.6) is 0 Å². The molecule has 2 nitrogen and oxygen atoms in total. The molecule has 0 saturated heterocycles. The van der Waals surface area contributed by atoms with Crippen molar-refractivity contribution < 1.29 is 4.74 Å². The Bertz CT molecular complexity index is 294. The molecule has 0 aliphatic carbocycles. The third kappa shape index (κ3) is 1.89. The predicted octanol–water partition coefficient (Wildman–Crippen LogP) is 1.92. The second kappa shape index (κ2) is 3.60. The molecule has 1 heterocycles. The summed E-state index contributed by atoms with van der Waals surface area (Å²) in [6.45, 7) is 2.02. The van der Waals surface area contributed by atoms with E-state index in [4.69, 9.17) is 4.74 Å². The quantitative estimate of drug-likeness (QED) is 0.671. The van der Waals surface area contributed by atoms with Crippen LogP contribution in [0.2, 0.25) is 0 Å². The van der Waals surface area contributed by atoms with E-state index < -0.39 is 0 Å². The molecular weight excluding hydrogens is 162 g/mol. The Morgan fingerprint density at radius 1 is 1.38 bits per heavy atom. The van der Waals surface area contributed by atoms with Gasteiger partial charge in [0.1, 0.15) is 6.10 Å². The maximum Gasteiger partial charge on any atom is 0.273 e. The molecule has 1 radical (unpaired) electrons. The number of hydrogen-bond donors (Lipinski definition) is 0. The molecule has 2 atom stereocenters. The van der Waals surface area contributed by atoms with Crippen molar-refractivity contribution in [3.05, 3.63) is 35.9 Å². The van der Waals surface area contributed by atoms with Gasteiger partial charge in [0, 0.05) is 0 Å². The summed E-state index contributed by atoms with van der Waals surface area (Å²) in [6, 6.07) is 10.6. The average Bonchev–Trinajstić information content (AvgIpc) is 2.54. The number of hydrogen-bond acceptors (Lipinski definition) is 2. The van der Waals surface area contributed by atoms with E-state index in [1.165, 1.54) is 5.56 Å². The normalized spacial score (nSPS) is 25.9. The van der Waals surface area contributed by atoms with Crippen molar-refractivity contribution in [2.75, 3.05) is 0 Å². The molecule has 0 N–H and O–H groups in total. The van der Waals surface area contributed by atoms with Crippen LogP contribution in [-0.4, -0.2) is 18.5 Å². The van der Waals surface area contributed by atoms with Gasteiger partial charge in [0.15, 0.2) is 0 Å². The van der Waals surface area contributed by atoms with Crippen LogP contribution in [0, 0.1) is 0 Å². The highest BCUT2D eigenvalue weighted by molar-refractivity contribution is 5.50. The lowest BCUT2D eigenvalue weighted by atomic mass is 10.0. The van der Waals surface area contributed by atoms with Gasteiger partial charge in [-0.15, -0.1) is 0 Å². The van der Waals surface area contributed by atoms with Crippen LogP contribution in [0.25, 0.3) is 0 Å². The predicted molar refractivity (Wildman–Crippen MR) is 51.9 cm³/mol. The SMILES string of the molecule is CC1O[C]=NC1Cc1ccccc1. The van der Waals surface area contributed by atoms with Gasteiger partial charge < -0.3 is 4.74 Å². The monoisotopic (exact) mass is 174 g/mol. The summed E-state index contributed by atoms with van der Waals surface area (Å²) in [5, 5.41) is 0. The second-order valence-corrected chi connectivity index (χ2v) is 3.30. The van der Waals surface area contributed by atoms with E-state index in [9.17, 15) is 0 Å². The summed E-state index contributed by atoms with van der Waals surface area (Å²) in [5.41, 5.74) is 1.30. The Hall–Kier alpha value is -1.31. The van der Waals surface area contributed by atoms with Gasteiger partial charge in [-0.2, -0.15) is 0 Å². The molecule has 1 aliphatic heterocycles. The lowest BCUT2D eigenvalue weighted by Gasteiger charge is -2.11. The topological polar surface area (TPSA) is 21.6 Å². The lowest BCUT2D eigenvalue weighted by Crippen LogP contribution is -2.20. The molecule has 0 amide bonds. The van der Waals surface area contributed by atoms with Crippen molar-refractivity contribution >= 4 is 6.40 Å². The molecule has 2 heteroatoms. The van der Waals surface area contributed by atoms with Gasteiger partial charge in [0.25, 0.3) is 6.40 Å². The van der Waals surface area contributed by atoms with Gasteiger partial charge in [-0.05, 0) is 18.9 Å². The third-order valence-electron chi connectivity index (χ3n) is 2.29. The molecular formula is C11H12NO. The van der Waals surface area contributed by atoms with E-state index in [1.807, 2.05) is 25.1 Å². The van der Waals surface area contributed by atoms with Gasteiger partial charge in [-0.1, -0.05) is 30.3 Å². The average molecular weight is 174 g/mol. The van der Waals surface area contributed by atoms with Gasteiger partial charge >= 0.3 is 0 Å². The summed E-state index contributed by atoms with van der Waals surface area (Å²) in [6.07, 6.45) is 3.67. The molecule has 67 valence electrons. The first kappa shape index (κ1) is 8.30. The van der Waals surface area contributed by atoms with Gasteiger partial charge in [-0.25, -0.2) is 4.99 Å². The van der Waals surface area contributed by atoms with Crippen LogP contribution in [0.15, 0.2) is 35.3 Å². The van der Waals surface area contributed by atoms with Crippen LogP contribution in [0.3, 0.4) is 0 Å². The van der Waals surface area contributed by atoms with Gasteiger partial charge in [0.05, 0.1) is 6.04 Å². The van der Waals surface area contributed by atoms with Crippen LogP contribution in [-0.2, 0) is 11.2 Å². The number of nitrogens with zero attached hydrogens (tertiary/aromatic N) is 1. The lowest BCUT2D eigenvalue weighted by molar-refractivity contribution is 0.220. The molecule has 0 saturated carbocycles. The minimum absolute atomic E-state index is 0.167. The first-order chi connectivity index (χ1) is 6.36. The maximum absolute atomic E-state index is 5.12. The molecule has 0 fully saturated rings. The first-order valence-electron chi connectivity index (χ1n) is 4.50. The van der Waals surface area contributed by atoms with Crippen molar-refractivity contribution in [1.29, 1.82) is 0 Å². The zero-order valence-electron chi connectivity index (χ0n) is 7.60. The van der Waals surface area contributed by atoms with Crippen molar-refractivity contribution in [3.63, 3.8) is 0 Å². The second-order valence-electron chi connectivity index (χ2n) is 3.30. The number of ether oxygens (including phenoxy) is 1. The Kier molecular flexibility index (Phi) is 2.30. The summed E-state index contributed by atoms with van der Waals surface area (Å²) < 4.78 is 5.12. The number of benzene rings is 1. The molecule has 2 rings (SSSR count). The fraction of sp³-hybridized carbons (Fsp3) is 0.364. The zero-order valence-corrected chi connectivity index (χ0v) is 7.60. The highest BCUT2D eigenvalue weighted by Gasteiger charge is 2.21. The van der Waals surface area contributed by atoms with Gasteiger partial charge in [0.2, 0.25) is 0 Å². The summed E-state index contributed by atoms with van der Waals surface area (Å²) in [7, 11) is 0. The molecule has 0 bridgehead atoms. The van der Waals surface area contributed by atoms with Crippen molar-refractivity contribution in [3.8, 4) is 0 Å². The largest absolute Gasteiger partial charge is 0.469 e. The molecule has 1 aromatic rings. The van der Waals surface area contributed by atoms with Crippen LogP contribution < -0.4 is 0 Å². The maximum atomic E-state index is 5.12. The van der Waals surface area contributed by atoms with Crippen LogP contribution in [0.1, 0.15) is 12.5 Å². The Morgan fingerprint density at radius 3 is 2.77 bits per heavy atom. The van der Waals surface area contributed by atoms with E-state index in [2.05, 4.69) is 23.5 Å². The van der Waals surface area contributed by atoms with E-state index in [0.717, 1.165) is 6.42 Å². The van der Waals surface area contributed by atoms with Crippen LogP contribution >= 0.6 is 0 Å². The fourth-order valence-electron chi connectivity index (χ4n) is 1.43. The van der Waals surface area contributed by atoms with Crippen molar-refractivity contribution in [1.82, 2.24) is 0 Å². The first-order valence-corrected chi connectivity index (χ1v) is 4.50. The van der Waals surface area contributed by atoms with Gasteiger partial charge in [-0.3, -0.25) is 0 Å². The van der Waals surface area contributed by atoms with Crippen molar-refractivity contribution in [2.24, 2.45) is 4.99 Å². The minimum atomic E-state index is 0.167. The Labute approximate surface area is 78.3 Å². The van der Waals surface area contributed by atoms with Crippen molar-refractivity contribution in [2.45, 2.75) is 25.5 Å². The third-order valence-corrected chi connectivity index (χ3v) is 2.29. The smallest absolute Gasteiger partial charge is 0.273 e. The molecule has 13 heavy (non-hydrogen) atoms. The summed E-state index contributed by atoms with van der Waals surface area (Å²) in [4.78, 5) is 4.14. The number of rotatable bonds is 2. The summed E-state index contributed by atoms with van der Waals surface area (Å²) >= 11 is 0. The fourth-order valence-corrected chi connectivity index (χ4v) is 1.43. The van der Waals surface area contributed by atoms with E-state index in [0.29, 0.717) is 0 Å². The van der Waals surface area contributed by atoms with E-state index >= 15 is 0 Å². The summed E-state index contributed by atoms with van der Waals surface area (Å²) in [5.74, 6) is 0. The molecule has 0 spiro atoms.